The van der Waals surface area contributed by atoms with Crippen LogP contribution < -0.4 is 5.73 Å². The number of rotatable bonds is 1. The van der Waals surface area contributed by atoms with Crippen molar-refractivity contribution < 1.29 is 9.47 Å². The fourth-order valence-corrected chi connectivity index (χ4v) is 2.03. The molecule has 0 amide bonds. The molecule has 1 saturated heterocycles. The number of nitrogen functional groups attached to an aromatic ring is 1. The monoisotopic (exact) mass is 207 g/mol. The molecule has 0 aliphatic carbocycles. The second-order valence-corrected chi connectivity index (χ2v) is 4.39. The Balaban J connectivity index is 2.29. The van der Waals surface area contributed by atoms with Gasteiger partial charge in [0.2, 0.25) is 0 Å². The molecule has 2 unspecified atom stereocenters. The lowest BCUT2D eigenvalue weighted by molar-refractivity contribution is -0.145. The molecule has 1 aliphatic rings. The van der Waals surface area contributed by atoms with E-state index in [1.807, 2.05) is 45.0 Å². The summed E-state index contributed by atoms with van der Waals surface area (Å²) in [6.45, 7) is 5.84. The largest absolute Gasteiger partial charge is 0.398 e. The zero-order valence-corrected chi connectivity index (χ0v) is 9.36. The van der Waals surface area contributed by atoms with Crippen LogP contribution in [-0.4, -0.2) is 11.9 Å². The highest BCUT2D eigenvalue weighted by molar-refractivity contribution is 5.48. The van der Waals surface area contributed by atoms with E-state index in [0.29, 0.717) is 0 Å². The molecule has 0 radical (unpaired) electrons. The van der Waals surface area contributed by atoms with Gasteiger partial charge in [0.1, 0.15) is 6.10 Å². The Morgan fingerprint density at radius 2 is 1.87 bits per heavy atom. The van der Waals surface area contributed by atoms with Crippen LogP contribution in [0.15, 0.2) is 24.3 Å². The van der Waals surface area contributed by atoms with Gasteiger partial charge in [-0.2, -0.15) is 0 Å². The second kappa shape index (κ2) is 3.51. The van der Waals surface area contributed by atoms with Crippen LogP contribution in [0.3, 0.4) is 0 Å². The summed E-state index contributed by atoms with van der Waals surface area (Å²) < 4.78 is 11.5. The zero-order chi connectivity index (χ0) is 11.1. The highest BCUT2D eigenvalue weighted by atomic mass is 16.7. The molecule has 2 atom stereocenters. The molecule has 1 aromatic rings. The van der Waals surface area contributed by atoms with Gasteiger partial charge in [0, 0.05) is 11.3 Å². The minimum absolute atomic E-state index is 0.0321. The first-order valence-corrected chi connectivity index (χ1v) is 5.20. The van der Waals surface area contributed by atoms with Crippen molar-refractivity contribution in [1.82, 2.24) is 0 Å². The predicted molar refractivity (Wildman–Crippen MR) is 59.3 cm³/mol. The lowest BCUT2D eigenvalue weighted by Crippen LogP contribution is -2.20. The zero-order valence-electron chi connectivity index (χ0n) is 9.36. The van der Waals surface area contributed by atoms with E-state index in [9.17, 15) is 0 Å². The third-order valence-electron chi connectivity index (χ3n) is 2.61. The molecule has 82 valence electrons. The fourth-order valence-electron chi connectivity index (χ4n) is 2.03. The first-order chi connectivity index (χ1) is 6.99. The summed E-state index contributed by atoms with van der Waals surface area (Å²) in [5, 5.41) is 0. The van der Waals surface area contributed by atoms with Crippen molar-refractivity contribution in [3.63, 3.8) is 0 Å². The highest BCUT2D eigenvalue weighted by Crippen LogP contribution is 2.39. The molecule has 0 bridgehead atoms. The van der Waals surface area contributed by atoms with Crippen molar-refractivity contribution in [2.24, 2.45) is 0 Å². The van der Waals surface area contributed by atoms with Gasteiger partial charge in [-0.1, -0.05) is 18.2 Å². The molecule has 3 nitrogen and oxygen atoms in total. The first kappa shape index (κ1) is 10.5. The molecular formula is C12H17NO2. The van der Waals surface area contributed by atoms with Crippen LogP contribution in [0.5, 0.6) is 0 Å². The Labute approximate surface area is 90.2 Å². The number of anilines is 1. The molecule has 0 aromatic heterocycles. The summed E-state index contributed by atoms with van der Waals surface area (Å²) in [6, 6.07) is 7.76. The third kappa shape index (κ3) is 1.98. The van der Waals surface area contributed by atoms with Crippen LogP contribution in [-0.2, 0) is 9.47 Å². The van der Waals surface area contributed by atoms with Gasteiger partial charge in [0.15, 0.2) is 5.79 Å². The van der Waals surface area contributed by atoms with Crippen LogP contribution in [0.4, 0.5) is 5.69 Å². The molecule has 1 aliphatic heterocycles. The molecule has 2 rings (SSSR count). The Bertz CT molecular complexity index is 362. The van der Waals surface area contributed by atoms with E-state index in [0.717, 1.165) is 11.3 Å². The molecule has 0 spiro atoms. The lowest BCUT2D eigenvalue weighted by atomic mass is 10.0. The van der Waals surface area contributed by atoms with E-state index in [1.165, 1.54) is 0 Å². The standard InChI is InChI=1S/C12H17NO2/c1-8-11(15-12(2,3)14-8)9-6-4-5-7-10(9)13/h4-8,11H,13H2,1-3H3. The summed E-state index contributed by atoms with van der Waals surface area (Å²) in [6.07, 6.45) is -0.0362. The van der Waals surface area contributed by atoms with Crippen molar-refractivity contribution in [2.45, 2.75) is 38.8 Å². The summed E-state index contributed by atoms with van der Waals surface area (Å²) in [7, 11) is 0. The normalized spacial score (nSPS) is 29.3. The molecule has 1 heterocycles. The number of hydrogen-bond donors (Lipinski definition) is 1. The van der Waals surface area contributed by atoms with E-state index < -0.39 is 5.79 Å². The van der Waals surface area contributed by atoms with E-state index in [2.05, 4.69) is 0 Å². The molecule has 0 saturated carbocycles. The summed E-state index contributed by atoms with van der Waals surface area (Å²) >= 11 is 0. The van der Waals surface area contributed by atoms with Crippen LogP contribution in [0, 0.1) is 0 Å². The molecule has 1 aromatic carbocycles. The Morgan fingerprint density at radius 3 is 2.40 bits per heavy atom. The Morgan fingerprint density at radius 1 is 1.20 bits per heavy atom. The minimum atomic E-state index is -0.521. The highest BCUT2D eigenvalue weighted by Gasteiger charge is 2.40. The minimum Gasteiger partial charge on any atom is -0.398 e. The van der Waals surface area contributed by atoms with Crippen LogP contribution >= 0.6 is 0 Å². The van der Waals surface area contributed by atoms with Gasteiger partial charge >= 0.3 is 0 Å². The summed E-state index contributed by atoms with van der Waals surface area (Å²) in [5.41, 5.74) is 7.69. The maximum atomic E-state index is 5.92. The van der Waals surface area contributed by atoms with Crippen molar-refractivity contribution in [3.8, 4) is 0 Å². The number of hydrogen-bond acceptors (Lipinski definition) is 3. The van der Waals surface area contributed by atoms with Gasteiger partial charge < -0.3 is 15.2 Å². The molecule has 1 fully saturated rings. The SMILES string of the molecule is CC1OC(C)(C)OC1c1ccccc1N. The quantitative estimate of drug-likeness (QED) is 0.719. The predicted octanol–water partition coefficient (Wildman–Crippen LogP) is 2.48. The maximum Gasteiger partial charge on any atom is 0.164 e. The van der Waals surface area contributed by atoms with Gasteiger partial charge in [-0.05, 0) is 26.8 Å². The van der Waals surface area contributed by atoms with Gasteiger partial charge in [-0.25, -0.2) is 0 Å². The average molecular weight is 207 g/mol. The molecule has 3 heteroatoms. The topological polar surface area (TPSA) is 44.5 Å². The molecule has 2 N–H and O–H groups in total. The lowest BCUT2D eigenvalue weighted by Gasteiger charge is -2.17. The fraction of sp³-hybridized carbons (Fsp3) is 0.500. The average Bonchev–Trinajstić information content (AvgIpc) is 2.40. The van der Waals surface area contributed by atoms with E-state index >= 15 is 0 Å². The van der Waals surface area contributed by atoms with Crippen molar-refractivity contribution >= 4 is 5.69 Å². The van der Waals surface area contributed by atoms with Gasteiger partial charge in [-0.3, -0.25) is 0 Å². The molecule has 15 heavy (non-hydrogen) atoms. The summed E-state index contributed by atoms with van der Waals surface area (Å²) in [4.78, 5) is 0. The molecular weight excluding hydrogens is 190 g/mol. The van der Waals surface area contributed by atoms with Crippen molar-refractivity contribution in [3.05, 3.63) is 29.8 Å². The van der Waals surface area contributed by atoms with Crippen LogP contribution in [0.2, 0.25) is 0 Å². The van der Waals surface area contributed by atoms with Crippen molar-refractivity contribution in [1.29, 1.82) is 0 Å². The van der Waals surface area contributed by atoms with E-state index in [1.54, 1.807) is 0 Å². The number of nitrogens with two attached hydrogens (primary N) is 1. The third-order valence-corrected chi connectivity index (χ3v) is 2.61. The van der Waals surface area contributed by atoms with Crippen molar-refractivity contribution in [2.75, 3.05) is 5.73 Å². The van der Waals surface area contributed by atoms with Crippen LogP contribution in [0.1, 0.15) is 32.4 Å². The van der Waals surface area contributed by atoms with Gasteiger partial charge in [0.25, 0.3) is 0 Å². The summed E-state index contributed by atoms with van der Waals surface area (Å²) in [5.74, 6) is -0.521. The number of benzene rings is 1. The van der Waals surface area contributed by atoms with E-state index in [4.69, 9.17) is 15.2 Å². The number of para-hydroxylation sites is 1. The maximum absolute atomic E-state index is 5.92. The smallest absolute Gasteiger partial charge is 0.164 e. The van der Waals surface area contributed by atoms with Gasteiger partial charge in [-0.15, -0.1) is 0 Å². The Hall–Kier alpha value is -1.06. The second-order valence-electron chi connectivity index (χ2n) is 4.39. The van der Waals surface area contributed by atoms with Crippen LogP contribution in [0.25, 0.3) is 0 Å². The first-order valence-electron chi connectivity index (χ1n) is 5.20. The van der Waals surface area contributed by atoms with E-state index in [-0.39, 0.29) is 12.2 Å². The van der Waals surface area contributed by atoms with Gasteiger partial charge in [0.05, 0.1) is 6.10 Å². The number of ether oxygens (including phenoxy) is 2. The Kier molecular flexibility index (Phi) is 2.44.